The van der Waals surface area contributed by atoms with Crippen LogP contribution in [0.15, 0.2) is 42.6 Å². The predicted octanol–water partition coefficient (Wildman–Crippen LogP) is 2.92. The first kappa shape index (κ1) is 11.6. The largest absolute Gasteiger partial charge is 0.366 e. The number of nitrogens with two attached hydrogens (primary N) is 1. The number of benzene rings is 1. The Morgan fingerprint density at radius 1 is 1.11 bits per heavy atom. The van der Waals surface area contributed by atoms with Crippen molar-refractivity contribution in [2.24, 2.45) is 0 Å². The second kappa shape index (κ2) is 4.31. The molecule has 0 aliphatic heterocycles. The molecule has 0 amide bonds. The Labute approximate surface area is 107 Å². The van der Waals surface area contributed by atoms with E-state index in [0.29, 0.717) is 5.65 Å². The van der Waals surface area contributed by atoms with Crippen LogP contribution in [0.1, 0.15) is 12.0 Å². The number of anilines is 1. The number of aromatic nitrogens is 3. The van der Waals surface area contributed by atoms with Gasteiger partial charge in [-0.05, 0) is 17.7 Å². The number of hydrogen-bond acceptors (Lipinski definition) is 3. The first-order valence-corrected chi connectivity index (χ1v) is 5.64. The van der Waals surface area contributed by atoms with Gasteiger partial charge in [-0.2, -0.15) is 4.98 Å². The molecule has 4 nitrogen and oxygen atoms in total. The molecule has 0 atom stereocenters. The monoisotopic (exact) mass is 260 g/mol. The van der Waals surface area contributed by atoms with Crippen LogP contribution in [0.25, 0.3) is 16.8 Å². The van der Waals surface area contributed by atoms with Crippen LogP contribution < -0.4 is 5.73 Å². The van der Waals surface area contributed by atoms with Gasteiger partial charge >= 0.3 is 0 Å². The van der Waals surface area contributed by atoms with Crippen molar-refractivity contribution in [2.75, 3.05) is 5.73 Å². The lowest BCUT2D eigenvalue weighted by Gasteiger charge is -2.04. The van der Waals surface area contributed by atoms with E-state index in [0.717, 1.165) is 11.1 Å². The maximum atomic E-state index is 12.5. The highest BCUT2D eigenvalue weighted by Gasteiger charge is 2.10. The van der Waals surface area contributed by atoms with E-state index < -0.39 is 6.43 Å². The Morgan fingerprint density at radius 2 is 1.84 bits per heavy atom. The third-order valence-electron chi connectivity index (χ3n) is 2.85. The van der Waals surface area contributed by atoms with Gasteiger partial charge in [0.25, 0.3) is 6.43 Å². The lowest BCUT2D eigenvalue weighted by Crippen LogP contribution is -1.90. The molecule has 3 aromatic rings. The molecule has 0 aliphatic rings. The van der Waals surface area contributed by atoms with Crippen LogP contribution in [0, 0.1) is 0 Å². The number of halogens is 2. The summed E-state index contributed by atoms with van der Waals surface area (Å²) in [6.45, 7) is 0. The van der Waals surface area contributed by atoms with Gasteiger partial charge in [-0.1, -0.05) is 24.3 Å². The summed E-state index contributed by atoms with van der Waals surface area (Å²) in [5.74, 6) is 0.177. The van der Waals surface area contributed by atoms with E-state index in [-0.39, 0.29) is 11.5 Å². The molecule has 0 spiro atoms. The zero-order valence-electron chi connectivity index (χ0n) is 9.79. The van der Waals surface area contributed by atoms with E-state index in [9.17, 15) is 8.78 Å². The molecule has 0 bridgehead atoms. The smallest absolute Gasteiger partial charge is 0.263 e. The third kappa shape index (κ3) is 2.01. The van der Waals surface area contributed by atoms with Gasteiger partial charge in [0.2, 0.25) is 5.95 Å². The summed E-state index contributed by atoms with van der Waals surface area (Å²) < 4.78 is 26.6. The number of nitrogens with zero attached hydrogens (tertiary/aromatic N) is 3. The summed E-state index contributed by atoms with van der Waals surface area (Å²) >= 11 is 0. The minimum atomic E-state index is -2.46. The Balaban J connectivity index is 2.13. The highest BCUT2D eigenvalue weighted by Crippen LogP contribution is 2.26. The van der Waals surface area contributed by atoms with Crippen LogP contribution in [0.2, 0.25) is 0 Å². The Bertz CT molecular complexity index is 719. The molecule has 0 saturated heterocycles. The molecule has 0 fully saturated rings. The fourth-order valence-corrected chi connectivity index (χ4v) is 1.96. The minimum absolute atomic E-state index is 0.00307. The fraction of sp³-hybridized carbons (Fsp3) is 0.0769. The average Bonchev–Trinajstić information content (AvgIpc) is 2.78. The number of alkyl halides is 2. The van der Waals surface area contributed by atoms with Crippen LogP contribution in [-0.4, -0.2) is 14.6 Å². The predicted molar refractivity (Wildman–Crippen MR) is 67.8 cm³/mol. The number of fused-ring (bicyclic) bond motifs is 1. The molecule has 0 radical (unpaired) electrons. The summed E-state index contributed by atoms with van der Waals surface area (Å²) in [7, 11) is 0. The highest BCUT2D eigenvalue weighted by atomic mass is 19.3. The molecule has 96 valence electrons. The van der Waals surface area contributed by atoms with E-state index in [1.807, 2.05) is 6.07 Å². The van der Waals surface area contributed by atoms with Crippen LogP contribution in [-0.2, 0) is 0 Å². The van der Waals surface area contributed by atoms with Crippen LogP contribution >= 0.6 is 0 Å². The summed E-state index contributed by atoms with van der Waals surface area (Å²) in [6.07, 6.45) is -0.732. The van der Waals surface area contributed by atoms with Crippen molar-refractivity contribution in [2.45, 2.75) is 6.43 Å². The number of pyridine rings is 1. The van der Waals surface area contributed by atoms with Gasteiger partial charge in [0.15, 0.2) is 5.65 Å². The molecule has 2 heterocycles. The molecule has 0 saturated carbocycles. The molecule has 6 heteroatoms. The van der Waals surface area contributed by atoms with Gasteiger partial charge in [0.1, 0.15) is 0 Å². The molecule has 3 rings (SSSR count). The standard InChI is InChI=1S/C13H10F2N4/c14-11(15)9-5-3-8(4-6-9)10-2-1-7-19-12(10)17-13(16)18-19/h1-7,11H,(H2,16,18). The van der Waals surface area contributed by atoms with E-state index in [2.05, 4.69) is 10.1 Å². The summed E-state index contributed by atoms with van der Waals surface area (Å²) in [5.41, 5.74) is 7.75. The van der Waals surface area contributed by atoms with Gasteiger partial charge in [0, 0.05) is 17.3 Å². The van der Waals surface area contributed by atoms with Crippen LogP contribution in [0.4, 0.5) is 14.7 Å². The number of rotatable bonds is 2. The summed E-state index contributed by atoms with van der Waals surface area (Å²) in [5, 5.41) is 4.01. The summed E-state index contributed by atoms with van der Waals surface area (Å²) in [4.78, 5) is 4.13. The van der Waals surface area contributed by atoms with Crippen molar-refractivity contribution >= 4 is 11.6 Å². The van der Waals surface area contributed by atoms with Crippen molar-refractivity contribution in [3.05, 3.63) is 48.2 Å². The Morgan fingerprint density at radius 3 is 2.53 bits per heavy atom. The lowest BCUT2D eigenvalue weighted by atomic mass is 10.1. The van der Waals surface area contributed by atoms with E-state index >= 15 is 0 Å². The van der Waals surface area contributed by atoms with Crippen LogP contribution in [0.3, 0.4) is 0 Å². The van der Waals surface area contributed by atoms with Crippen molar-refractivity contribution < 1.29 is 8.78 Å². The second-order valence-corrected chi connectivity index (χ2v) is 4.08. The molecule has 0 aliphatic carbocycles. The van der Waals surface area contributed by atoms with Gasteiger partial charge in [-0.3, -0.25) is 0 Å². The molecule has 0 unspecified atom stereocenters. The molecule has 19 heavy (non-hydrogen) atoms. The topological polar surface area (TPSA) is 56.2 Å². The Hall–Kier alpha value is -2.50. The SMILES string of the molecule is Nc1nc2c(-c3ccc(C(F)F)cc3)cccn2n1. The number of nitrogen functional groups attached to an aromatic ring is 1. The van der Waals surface area contributed by atoms with Crippen molar-refractivity contribution in [3.63, 3.8) is 0 Å². The van der Waals surface area contributed by atoms with Crippen molar-refractivity contribution in [3.8, 4) is 11.1 Å². The van der Waals surface area contributed by atoms with Crippen LogP contribution in [0.5, 0.6) is 0 Å². The third-order valence-corrected chi connectivity index (χ3v) is 2.85. The zero-order valence-corrected chi connectivity index (χ0v) is 9.79. The van der Waals surface area contributed by atoms with Gasteiger partial charge in [-0.25, -0.2) is 13.3 Å². The van der Waals surface area contributed by atoms with Gasteiger partial charge < -0.3 is 5.73 Å². The molecular formula is C13H10F2N4. The maximum absolute atomic E-state index is 12.5. The van der Waals surface area contributed by atoms with E-state index in [1.165, 1.54) is 12.1 Å². The second-order valence-electron chi connectivity index (χ2n) is 4.08. The van der Waals surface area contributed by atoms with E-state index in [1.54, 1.807) is 28.9 Å². The Kier molecular flexibility index (Phi) is 2.63. The quantitative estimate of drug-likeness (QED) is 0.770. The van der Waals surface area contributed by atoms with Gasteiger partial charge in [-0.15, -0.1) is 5.10 Å². The number of hydrogen-bond donors (Lipinski definition) is 1. The molecule has 2 aromatic heterocycles. The lowest BCUT2D eigenvalue weighted by molar-refractivity contribution is 0.151. The molecule has 1 aromatic carbocycles. The normalized spacial score (nSPS) is 11.3. The zero-order chi connectivity index (χ0) is 13.4. The van der Waals surface area contributed by atoms with Crippen molar-refractivity contribution in [1.29, 1.82) is 0 Å². The summed E-state index contributed by atoms with van der Waals surface area (Å²) in [6, 6.07) is 9.74. The minimum Gasteiger partial charge on any atom is -0.366 e. The molecular weight excluding hydrogens is 250 g/mol. The van der Waals surface area contributed by atoms with Gasteiger partial charge in [0.05, 0.1) is 0 Å². The first-order chi connectivity index (χ1) is 9.15. The fourth-order valence-electron chi connectivity index (χ4n) is 1.96. The maximum Gasteiger partial charge on any atom is 0.263 e. The highest BCUT2D eigenvalue weighted by molar-refractivity contribution is 5.77. The average molecular weight is 260 g/mol. The van der Waals surface area contributed by atoms with E-state index in [4.69, 9.17) is 5.73 Å². The molecule has 2 N–H and O–H groups in total. The van der Waals surface area contributed by atoms with Crippen molar-refractivity contribution in [1.82, 2.24) is 14.6 Å². The first-order valence-electron chi connectivity index (χ1n) is 5.64.